The minimum atomic E-state index is -0.117. The maximum atomic E-state index is 12.9. The van der Waals surface area contributed by atoms with Crippen LogP contribution in [0, 0.1) is 0 Å². The molecule has 1 amide bonds. The van der Waals surface area contributed by atoms with Crippen molar-refractivity contribution in [3.63, 3.8) is 0 Å². The molecule has 1 fully saturated rings. The van der Waals surface area contributed by atoms with Gasteiger partial charge in [-0.25, -0.2) is 0 Å². The smallest absolute Gasteiger partial charge is 0.257 e. The molecule has 1 aliphatic heterocycles. The summed E-state index contributed by atoms with van der Waals surface area (Å²) in [4.78, 5) is 21.8. The lowest BCUT2D eigenvalue weighted by Crippen LogP contribution is -2.37. The molecule has 6 heteroatoms. The highest BCUT2D eigenvalue weighted by molar-refractivity contribution is 5.83. The molecule has 0 N–H and O–H groups in total. The van der Waals surface area contributed by atoms with E-state index in [1.165, 1.54) is 0 Å². The Bertz CT molecular complexity index is 926. The molecule has 29 heavy (non-hydrogen) atoms. The lowest BCUT2D eigenvalue weighted by Gasteiger charge is -2.24. The van der Waals surface area contributed by atoms with Crippen LogP contribution in [-0.2, 0) is 11.3 Å². The Morgan fingerprint density at radius 2 is 1.72 bits per heavy atom. The van der Waals surface area contributed by atoms with Crippen LogP contribution in [0.25, 0.3) is 11.5 Å². The van der Waals surface area contributed by atoms with Crippen LogP contribution in [0.15, 0.2) is 65.2 Å². The van der Waals surface area contributed by atoms with Gasteiger partial charge in [-0.15, -0.1) is 0 Å². The number of hydrogen-bond donors (Lipinski definition) is 0. The Morgan fingerprint density at radius 3 is 2.48 bits per heavy atom. The van der Waals surface area contributed by atoms with Gasteiger partial charge in [-0.3, -0.25) is 9.69 Å². The summed E-state index contributed by atoms with van der Waals surface area (Å²) < 4.78 is 5.41. The summed E-state index contributed by atoms with van der Waals surface area (Å²) >= 11 is 0. The molecule has 1 aromatic heterocycles. The zero-order valence-corrected chi connectivity index (χ0v) is 16.7. The fourth-order valence-corrected chi connectivity index (χ4v) is 3.72. The second-order valence-corrected chi connectivity index (χ2v) is 7.47. The average Bonchev–Trinajstić information content (AvgIpc) is 3.12. The molecule has 1 atom stereocenters. The largest absolute Gasteiger partial charge is 0.341 e. The van der Waals surface area contributed by atoms with E-state index in [-0.39, 0.29) is 11.8 Å². The first-order valence-corrected chi connectivity index (χ1v) is 10.1. The van der Waals surface area contributed by atoms with E-state index in [0.717, 1.165) is 43.7 Å². The molecule has 1 unspecified atom stereocenters. The van der Waals surface area contributed by atoms with Gasteiger partial charge < -0.3 is 9.42 Å². The van der Waals surface area contributed by atoms with E-state index in [4.69, 9.17) is 4.52 Å². The second-order valence-electron chi connectivity index (χ2n) is 7.47. The third kappa shape index (κ3) is 4.71. The molecular formula is C23H26N4O2. The minimum absolute atomic E-state index is 0.117. The zero-order valence-electron chi connectivity index (χ0n) is 16.7. The first-order valence-electron chi connectivity index (χ1n) is 10.1. The van der Waals surface area contributed by atoms with Crippen molar-refractivity contribution < 1.29 is 9.32 Å². The van der Waals surface area contributed by atoms with E-state index in [0.29, 0.717) is 18.3 Å². The van der Waals surface area contributed by atoms with Crippen LogP contribution in [0.4, 0.5) is 0 Å². The number of aromatic nitrogens is 2. The summed E-state index contributed by atoms with van der Waals surface area (Å²) in [5.41, 5.74) is 1.99. The van der Waals surface area contributed by atoms with E-state index in [2.05, 4.69) is 15.0 Å². The molecule has 0 bridgehead atoms. The molecule has 4 rings (SSSR count). The SMILES string of the molecule is CC(C(=O)N1CCCN(Cc2noc(-c3ccccc3)n2)CC1)c1ccccc1. The maximum Gasteiger partial charge on any atom is 0.257 e. The van der Waals surface area contributed by atoms with E-state index >= 15 is 0 Å². The van der Waals surface area contributed by atoms with Crippen LogP contribution in [0.5, 0.6) is 0 Å². The minimum Gasteiger partial charge on any atom is -0.341 e. The van der Waals surface area contributed by atoms with Gasteiger partial charge in [-0.05, 0) is 31.0 Å². The van der Waals surface area contributed by atoms with Crippen molar-refractivity contribution in [1.82, 2.24) is 19.9 Å². The van der Waals surface area contributed by atoms with Crippen LogP contribution >= 0.6 is 0 Å². The van der Waals surface area contributed by atoms with Gasteiger partial charge in [0.2, 0.25) is 5.91 Å². The van der Waals surface area contributed by atoms with Crippen LogP contribution < -0.4 is 0 Å². The van der Waals surface area contributed by atoms with E-state index in [1.54, 1.807) is 0 Å². The van der Waals surface area contributed by atoms with Crippen LogP contribution in [0.1, 0.15) is 30.7 Å². The number of hydrogen-bond acceptors (Lipinski definition) is 5. The first kappa shape index (κ1) is 19.3. The van der Waals surface area contributed by atoms with Crippen LogP contribution in [0.2, 0.25) is 0 Å². The second kappa shape index (κ2) is 9.01. The quantitative estimate of drug-likeness (QED) is 0.666. The Kier molecular flexibility index (Phi) is 6.00. The topological polar surface area (TPSA) is 62.5 Å². The van der Waals surface area contributed by atoms with Gasteiger partial charge in [0, 0.05) is 31.7 Å². The fourth-order valence-electron chi connectivity index (χ4n) is 3.72. The van der Waals surface area contributed by atoms with Gasteiger partial charge in [-0.2, -0.15) is 4.98 Å². The third-order valence-corrected chi connectivity index (χ3v) is 5.42. The van der Waals surface area contributed by atoms with Gasteiger partial charge in [0.05, 0.1) is 12.5 Å². The lowest BCUT2D eigenvalue weighted by atomic mass is 10.00. The van der Waals surface area contributed by atoms with Crippen molar-refractivity contribution in [2.24, 2.45) is 0 Å². The molecule has 0 spiro atoms. The zero-order chi connectivity index (χ0) is 20.1. The summed E-state index contributed by atoms with van der Waals surface area (Å²) in [5.74, 6) is 1.31. The Balaban J connectivity index is 1.34. The summed E-state index contributed by atoms with van der Waals surface area (Å²) in [7, 11) is 0. The Hall–Kier alpha value is -2.99. The van der Waals surface area contributed by atoms with Crippen molar-refractivity contribution in [3.8, 4) is 11.5 Å². The number of amides is 1. The van der Waals surface area contributed by atoms with Gasteiger partial charge in [-0.1, -0.05) is 53.7 Å². The molecule has 0 radical (unpaired) electrons. The summed E-state index contributed by atoms with van der Waals surface area (Å²) in [6.07, 6.45) is 0.941. The fraction of sp³-hybridized carbons (Fsp3) is 0.348. The van der Waals surface area contributed by atoms with Crippen molar-refractivity contribution in [1.29, 1.82) is 0 Å². The molecule has 6 nitrogen and oxygen atoms in total. The standard InChI is InChI=1S/C23H26N4O2/c1-18(19-9-4-2-5-10-19)23(28)27-14-8-13-26(15-16-27)17-21-24-22(29-25-21)20-11-6-3-7-12-20/h2-7,9-12,18H,8,13-17H2,1H3. The first-order chi connectivity index (χ1) is 14.2. The average molecular weight is 390 g/mol. The highest BCUT2D eigenvalue weighted by Crippen LogP contribution is 2.20. The number of carbonyl (C=O) groups is 1. The summed E-state index contributed by atoms with van der Waals surface area (Å²) in [6, 6.07) is 19.8. The molecule has 0 saturated carbocycles. The van der Waals surface area contributed by atoms with Gasteiger partial charge in [0.15, 0.2) is 5.82 Å². The number of carbonyl (C=O) groups excluding carboxylic acids is 1. The summed E-state index contributed by atoms with van der Waals surface area (Å²) in [5, 5.41) is 4.13. The van der Waals surface area contributed by atoms with Crippen LogP contribution in [-0.4, -0.2) is 52.0 Å². The molecule has 0 aliphatic carbocycles. The number of benzene rings is 2. The maximum absolute atomic E-state index is 12.9. The van der Waals surface area contributed by atoms with Crippen molar-refractivity contribution >= 4 is 5.91 Å². The summed E-state index contributed by atoms with van der Waals surface area (Å²) in [6.45, 7) is 5.85. The molecule has 2 heterocycles. The van der Waals surface area contributed by atoms with Gasteiger partial charge in [0.1, 0.15) is 0 Å². The Morgan fingerprint density at radius 1 is 1.00 bits per heavy atom. The van der Waals surface area contributed by atoms with Gasteiger partial charge in [0.25, 0.3) is 5.89 Å². The van der Waals surface area contributed by atoms with Crippen molar-refractivity contribution in [3.05, 3.63) is 72.1 Å². The third-order valence-electron chi connectivity index (χ3n) is 5.42. The Labute approximate surface area is 171 Å². The molecule has 1 saturated heterocycles. The molecule has 3 aromatic rings. The van der Waals surface area contributed by atoms with E-state index in [9.17, 15) is 4.79 Å². The number of rotatable bonds is 5. The van der Waals surface area contributed by atoms with E-state index in [1.807, 2.05) is 72.5 Å². The van der Waals surface area contributed by atoms with Crippen molar-refractivity contribution in [2.75, 3.05) is 26.2 Å². The predicted molar refractivity (Wildman–Crippen MR) is 111 cm³/mol. The van der Waals surface area contributed by atoms with Crippen LogP contribution in [0.3, 0.4) is 0 Å². The monoisotopic (exact) mass is 390 g/mol. The van der Waals surface area contributed by atoms with Gasteiger partial charge >= 0.3 is 0 Å². The highest BCUT2D eigenvalue weighted by Gasteiger charge is 2.25. The highest BCUT2D eigenvalue weighted by atomic mass is 16.5. The normalized spacial score (nSPS) is 16.4. The molecule has 1 aliphatic rings. The molecule has 2 aromatic carbocycles. The lowest BCUT2D eigenvalue weighted by molar-refractivity contribution is -0.132. The number of nitrogens with zero attached hydrogens (tertiary/aromatic N) is 4. The van der Waals surface area contributed by atoms with Crippen molar-refractivity contribution in [2.45, 2.75) is 25.8 Å². The molecular weight excluding hydrogens is 364 g/mol. The predicted octanol–water partition coefficient (Wildman–Crippen LogP) is 3.57. The molecule has 150 valence electrons. The van der Waals surface area contributed by atoms with E-state index < -0.39 is 0 Å².